The minimum absolute atomic E-state index is 0.278. The molecule has 0 saturated carbocycles. The van der Waals surface area contributed by atoms with E-state index in [1.807, 2.05) is 6.92 Å². The highest BCUT2D eigenvalue weighted by molar-refractivity contribution is 5.93. The average molecular weight is 328 g/mol. The SMILES string of the molecule is CC[C@@H](C)c1n[nH]c([C@@H](C)NC(=O)c2cc(-c3ccco3)[nH]n2)n1. The van der Waals surface area contributed by atoms with Crippen LogP contribution in [0, 0.1) is 0 Å². The van der Waals surface area contributed by atoms with Crippen LogP contribution in [0.3, 0.4) is 0 Å². The molecule has 0 aliphatic heterocycles. The van der Waals surface area contributed by atoms with Crippen molar-refractivity contribution in [2.45, 2.75) is 39.2 Å². The maximum Gasteiger partial charge on any atom is 0.272 e. The van der Waals surface area contributed by atoms with Crippen LogP contribution >= 0.6 is 0 Å². The van der Waals surface area contributed by atoms with Gasteiger partial charge in [0, 0.05) is 12.0 Å². The van der Waals surface area contributed by atoms with E-state index in [0.29, 0.717) is 17.3 Å². The largest absolute Gasteiger partial charge is 0.463 e. The lowest BCUT2D eigenvalue weighted by Crippen LogP contribution is -2.27. The van der Waals surface area contributed by atoms with Crippen LogP contribution in [-0.4, -0.2) is 31.3 Å². The predicted octanol–water partition coefficient (Wildman–Crippen LogP) is 2.79. The summed E-state index contributed by atoms with van der Waals surface area (Å²) in [7, 11) is 0. The number of carbonyl (C=O) groups excluding carboxylic acids is 1. The average Bonchev–Trinajstić information content (AvgIpc) is 3.34. The summed E-state index contributed by atoms with van der Waals surface area (Å²) in [6, 6.07) is 4.91. The van der Waals surface area contributed by atoms with Gasteiger partial charge in [-0.3, -0.25) is 15.0 Å². The molecule has 0 spiro atoms. The molecule has 1 amide bonds. The molecule has 8 nitrogen and oxygen atoms in total. The molecule has 0 saturated heterocycles. The Kier molecular flexibility index (Phi) is 4.45. The first kappa shape index (κ1) is 16.0. The van der Waals surface area contributed by atoms with E-state index in [4.69, 9.17) is 4.42 Å². The molecule has 0 fully saturated rings. The maximum absolute atomic E-state index is 12.3. The number of amides is 1. The smallest absolute Gasteiger partial charge is 0.272 e. The van der Waals surface area contributed by atoms with E-state index in [1.54, 1.807) is 24.5 Å². The molecule has 3 aromatic rings. The lowest BCUT2D eigenvalue weighted by atomic mass is 10.1. The third kappa shape index (κ3) is 3.22. The Morgan fingerprint density at radius 2 is 2.17 bits per heavy atom. The van der Waals surface area contributed by atoms with Crippen LogP contribution in [0.1, 0.15) is 61.3 Å². The Balaban J connectivity index is 1.67. The fourth-order valence-electron chi connectivity index (χ4n) is 2.22. The molecule has 8 heteroatoms. The summed E-state index contributed by atoms with van der Waals surface area (Å²) in [5, 5.41) is 16.8. The minimum atomic E-state index is -0.299. The van der Waals surface area contributed by atoms with Gasteiger partial charge in [0.2, 0.25) is 0 Å². The summed E-state index contributed by atoms with van der Waals surface area (Å²) >= 11 is 0. The van der Waals surface area contributed by atoms with E-state index in [-0.39, 0.29) is 23.6 Å². The third-order valence-electron chi connectivity index (χ3n) is 3.93. The first-order chi connectivity index (χ1) is 11.6. The van der Waals surface area contributed by atoms with E-state index in [1.165, 1.54) is 0 Å². The third-order valence-corrected chi connectivity index (χ3v) is 3.93. The first-order valence-electron chi connectivity index (χ1n) is 7.90. The van der Waals surface area contributed by atoms with E-state index >= 15 is 0 Å². The van der Waals surface area contributed by atoms with Crippen LogP contribution in [0.2, 0.25) is 0 Å². The van der Waals surface area contributed by atoms with Gasteiger partial charge in [0.05, 0.1) is 12.3 Å². The number of aromatic nitrogens is 5. The predicted molar refractivity (Wildman–Crippen MR) is 87.3 cm³/mol. The second-order valence-corrected chi connectivity index (χ2v) is 5.73. The van der Waals surface area contributed by atoms with Crippen LogP contribution in [0.25, 0.3) is 11.5 Å². The van der Waals surface area contributed by atoms with Crippen LogP contribution in [0.4, 0.5) is 0 Å². The molecule has 2 atom stereocenters. The van der Waals surface area contributed by atoms with Crippen molar-refractivity contribution in [3.63, 3.8) is 0 Å². The van der Waals surface area contributed by atoms with Crippen molar-refractivity contribution in [2.75, 3.05) is 0 Å². The van der Waals surface area contributed by atoms with Gasteiger partial charge in [-0.25, -0.2) is 4.98 Å². The van der Waals surface area contributed by atoms with Crippen molar-refractivity contribution < 1.29 is 9.21 Å². The van der Waals surface area contributed by atoms with Crippen molar-refractivity contribution in [3.8, 4) is 11.5 Å². The van der Waals surface area contributed by atoms with Crippen LogP contribution in [-0.2, 0) is 0 Å². The number of nitrogens with one attached hydrogen (secondary N) is 3. The Hall–Kier alpha value is -2.90. The summed E-state index contributed by atoms with van der Waals surface area (Å²) < 4.78 is 5.27. The number of hydrogen-bond donors (Lipinski definition) is 3. The van der Waals surface area contributed by atoms with Gasteiger partial charge in [0.25, 0.3) is 5.91 Å². The zero-order valence-electron chi connectivity index (χ0n) is 13.8. The zero-order valence-corrected chi connectivity index (χ0v) is 13.8. The molecule has 0 aromatic carbocycles. The standard InChI is InChI=1S/C16H20N6O2/c1-4-9(2)14-18-15(22-21-14)10(3)17-16(23)12-8-11(19-20-12)13-6-5-7-24-13/h5-10H,4H2,1-3H3,(H,17,23)(H,19,20)(H,18,21,22)/t9-,10-/m1/s1. The highest BCUT2D eigenvalue weighted by Crippen LogP contribution is 2.19. The molecule has 3 heterocycles. The van der Waals surface area contributed by atoms with E-state index in [9.17, 15) is 4.79 Å². The lowest BCUT2D eigenvalue weighted by molar-refractivity contribution is 0.0933. The fourth-order valence-corrected chi connectivity index (χ4v) is 2.22. The summed E-state index contributed by atoms with van der Waals surface area (Å²) in [4.78, 5) is 16.8. The summed E-state index contributed by atoms with van der Waals surface area (Å²) in [6.07, 6.45) is 2.53. The number of hydrogen-bond acceptors (Lipinski definition) is 5. The second kappa shape index (κ2) is 6.69. The lowest BCUT2D eigenvalue weighted by Gasteiger charge is -2.09. The van der Waals surface area contributed by atoms with Crippen LogP contribution < -0.4 is 5.32 Å². The van der Waals surface area contributed by atoms with Crippen LogP contribution in [0.5, 0.6) is 0 Å². The number of carbonyl (C=O) groups is 1. The summed E-state index contributed by atoms with van der Waals surface area (Å²) in [5.74, 6) is 2.00. The molecule has 3 aromatic heterocycles. The quantitative estimate of drug-likeness (QED) is 0.644. The van der Waals surface area contributed by atoms with Crippen molar-refractivity contribution in [1.82, 2.24) is 30.7 Å². The Labute approximate surface area is 139 Å². The minimum Gasteiger partial charge on any atom is -0.463 e. The van der Waals surface area contributed by atoms with Gasteiger partial charge in [-0.1, -0.05) is 13.8 Å². The highest BCUT2D eigenvalue weighted by atomic mass is 16.3. The Morgan fingerprint density at radius 3 is 2.88 bits per heavy atom. The van der Waals surface area contributed by atoms with Crippen molar-refractivity contribution in [3.05, 3.63) is 41.8 Å². The number of H-pyrrole nitrogens is 2. The molecule has 0 bridgehead atoms. The van der Waals surface area contributed by atoms with Gasteiger partial charge >= 0.3 is 0 Å². The number of nitrogens with zero attached hydrogens (tertiary/aromatic N) is 3. The number of rotatable bonds is 6. The number of furan rings is 1. The zero-order chi connectivity index (χ0) is 17.1. The van der Waals surface area contributed by atoms with E-state index in [2.05, 4.69) is 44.5 Å². The Morgan fingerprint density at radius 1 is 1.33 bits per heavy atom. The molecule has 0 unspecified atom stereocenters. The maximum atomic E-state index is 12.3. The molecule has 0 radical (unpaired) electrons. The number of aromatic amines is 2. The summed E-state index contributed by atoms with van der Waals surface area (Å²) in [5.41, 5.74) is 0.937. The topological polar surface area (TPSA) is 112 Å². The molecule has 24 heavy (non-hydrogen) atoms. The fraction of sp³-hybridized carbons (Fsp3) is 0.375. The molecule has 3 N–H and O–H groups in total. The van der Waals surface area contributed by atoms with Gasteiger partial charge in [-0.15, -0.1) is 0 Å². The molecule has 0 aliphatic carbocycles. The van der Waals surface area contributed by atoms with E-state index < -0.39 is 0 Å². The molecular weight excluding hydrogens is 308 g/mol. The monoisotopic (exact) mass is 328 g/mol. The highest BCUT2D eigenvalue weighted by Gasteiger charge is 2.19. The molecular formula is C16H20N6O2. The van der Waals surface area contributed by atoms with Gasteiger partial charge in [0.1, 0.15) is 11.5 Å². The first-order valence-corrected chi connectivity index (χ1v) is 7.90. The second-order valence-electron chi connectivity index (χ2n) is 5.73. The normalized spacial score (nSPS) is 13.6. The van der Waals surface area contributed by atoms with Crippen LogP contribution in [0.15, 0.2) is 28.9 Å². The van der Waals surface area contributed by atoms with Gasteiger partial charge < -0.3 is 9.73 Å². The van der Waals surface area contributed by atoms with E-state index in [0.717, 1.165) is 12.2 Å². The van der Waals surface area contributed by atoms with Crippen molar-refractivity contribution in [1.29, 1.82) is 0 Å². The summed E-state index contributed by atoms with van der Waals surface area (Å²) in [6.45, 7) is 6.00. The van der Waals surface area contributed by atoms with Gasteiger partial charge in [-0.05, 0) is 25.5 Å². The molecule has 126 valence electrons. The van der Waals surface area contributed by atoms with Crippen molar-refractivity contribution >= 4 is 5.91 Å². The van der Waals surface area contributed by atoms with Crippen molar-refractivity contribution in [2.24, 2.45) is 0 Å². The van der Waals surface area contributed by atoms with Gasteiger partial charge in [-0.2, -0.15) is 10.2 Å². The van der Waals surface area contributed by atoms with Gasteiger partial charge in [0.15, 0.2) is 17.3 Å². The molecule has 3 rings (SSSR count). The Bertz CT molecular complexity index is 804. The molecule has 0 aliphatic rings.